The lowest BCUT2D eigenvalue weighted by molar-refractivity contribution is 0.135. The molecular formula is C10H17N3O2. The summed E-state index contributed by atoms with van der Waals surface area (Å²) in [5, 5.41) is 4.30. The van der Waals surface area contributed by atoms with Gasteiger partial charge in [-0.1, -0.05) is 6.92 Å². The summed E-state index contributed by atoms with van der Waals surface area (Å²) in [6.45, 7) is 3.44. The van der Waals surface area contributed by atoms with Crippen LogP contribution in [0.5, 0.6) is 5.88 Å². The maximum absolute atomic E-state index is 5.94. The number of hydrogen-bond donors (Lipinski definition) is 1. The van der Waals surface area contributed by atoms with Crippen molar-refractivity contribution < 1.29 is 9.47 Å². The van der Waals surface area contributed by atoms with Crippen LogP contribution in [0.2, 0.25) is 0 Å². The molecule has 0 aliphatic carbocycles. The minimum atomic E-state index is 0.118. The van der Waals surface area contributed by atoms with Gasteiger partial charge in [-0.25, -0.2) is 4.68 Å². The van der Waals surface area contributed by atoms with E-state index in [-0.39, 0.29) is 6.10 Å². The zero-order valence-electron chi connectivity index (χ0n) is 9.19. The fourth-order valence-electron chi connectivity index (χ4n) is 1.74. The van der Waals surface area contributed by atoms with Crippen LogP contribution in [0.25, 0.3) is 0 Å². The molecule has 2 rings (SSSR count). The molecule has 5 heteroatoms. The highest BCUT2D eigenvalue weighted by Gasteiger charge is 2.21. The average Bonchev–Trinajstić information content (AvgIpc) is 2.81. The first-order valence-electron chi connectivity index (χ1n) is 5.28. The third-order valence-electron chi connectivity index (χ3n) is 2.61. The summed E-state index contributed by atoms with van der Waals surface area (Å²) >= 11 is 0. The molecule has 1 aliphatic rings. The summed E-state index contributed by atoms with van der Waals surface area (Å²) < 4.78 is 12.7. The fraction of sp³-hybridized carbons (Fsp3) is 0.700. The first kappa shape index (κ1) is 10.3. The van der Waals surface area contributed by atoms with Gasteiger partial charge in [0.15, 0.2) is 0 Å². The molecule has 1 saturated heterocycles. The molecule has 1 aromatic heterocycles. The van der Waals surface area contributed by atoms with Crippen molar-refractivity contribution in [2.75, 3.05) is 18.9 Å². The predicted molar refractivity (Wildman–Crippen MR) is 56.9 cm³/mol. The standard InChI is InChI=1S/C10H17N3O2/c1-3-8-9(11)10(13(2)12-8)15-7-4-5-14-6-7/h7H,3-6,11H2,1-2H3. The molecule has 1 fully saturated rings. The van der Waals surface area contributed by atoms with Gasteiger partial charge < -0.3 is 15.2 Å². The van der Waals surface area contributed by atoms with Crippen molar-refractivity contribution in [1.82, 2.24) is 9.78 Å². The monoisotopic (exact) mass is 211 g/mol. The van der Waals surface area contributed by atoms with Crippen molar-refractivity contribution in [2.45, 2.75) is 25.9 Å². The Labute approximate surface area is 89.2 Å². The smallest absolute Gasteiger partial charge is 0.236 e. The Kier molecular flexibility index (Phi) is 2.81. The molecule has 15 heavy (non-hydrogen) atoms. The molecule has 2 heterocycles. The zero-order valence-corrected chi connectivity index (χ0v) is 9.19. The van der Waals surface area contributed by atoms with Crippen LogP contribution in [-0.2, 0) is 18.2 Å². The van der Waals surface area contributed by atoms with Gasteiger partial charge in [0.25, 0.3) is 0 Å². The van der Waals surface area contributed by atoms with Crippen molar-refractivity contribution in [3.8, 4) is 5.88 Å². The lowest BCUT2D eigenvalue weighted by Crippen LogP contribution is -2.18. The summed E-state index contributed by atoms with van der Waals surface area (Å²) in [4.78, 5) is 0. The topological polar surface area (TPSA) is 62.3 Å². The van der Waals surface area contributed by atoms with Gasteiger partial charge in [0.1, 0.15) is 11.8 Å². The van der Waals surface area contributed by atoms with Crippen LogP contribution in [0.3, 0.4) is 0 Å². The largest absolute Gasteiger partial charge is 0.471 e. The number of ether oxygens (including phenoxy) is 2. The van der Waals surface area contributed by atoms with Crippen LogP contribution in [0.4, 0.5) is 5.69 Å². The first-order valence-corrected chi connectivity index (χ1v) is 5.28. The number of nitrogen functional groups attached to an aromatic ring is 1. The van der Waals surface area contributed by atoms with Crippen LogP contribution >= 0.6 is 0 Å². The molecule has 0 bridgehead atoms. The van der Waals surface area contributed by atoms with Gasteiger partial charge in [-0.15, -0.1) is 0 Å². The molecule has 0 aromatic carbocycles. The van der Waals surface area contributed by atoms with Crippen molar-refractivity contribution in [1.29, 1.82) is 0 Å². The maximum Gasteiger partial charge on any atom is 0.236 e. The molecule has 1 atom stereocenters. The molecule has 1 unspecified atom stereocenters. The normalized spacial score (nSPS) is 20.8. The zero-order chi connectivity index (χ0) is 10.8. The minimum Gasteiger partial charge on any atom is -0.471 e. The van der Waals surface area contributed by atoms with Gasteiger partial charge in [-0.2, -0.15) is 5.10 Å². The molecule has 0 amide bonds. The summed E-state index contributed by atoms with van der Waals surface area (Å²) in [6.07, 6.45) is 1.86. The number of nitrogens with two attached hydrogens (primary N) is 1. The van der Waals surface area contributed by atoms with Crippen molar-refractivity contribution in [3.05, 3.63) is 5.69 Å². The molecule has 0 radical (unpaired) electrons. The van der Waals surface area contributed by atoms with Crippen molar-refractivity contribution in [3.63, 3.8) is 0 Å². The summed E-state index contributed by atoms with van der Waals surface area (Å²) in [7, 11) is 1.85. The molecule has 2 N–H and O–H groups in total. The van der Waals surface area contributed by atoms with E-state index in [0.29, 0.717) is 18.2 Å². The highest BCUT2D eigenvalue weighted by atomic mass is 16.6. The number of nitrogens with zero attached hydrogens (tertiary/aromatic N) is 2. The van der Waals surface area contributed by atoms with Gasteiger partial charge in [-0.3, -0.25) is 0 Å². The van der Waals surface area contributed by atoms with Gasteiger partial charge in [0, 0.05) is 13.5 Å². The molecule has 5 nitrogen and oxygen atoms in total. The molecule has 1 aliphatic heterocycles. The Balaban J connectivity index is 2.15. The van der Waals surface area contributed by atoms with E-state index < -0.39 is 0 Å². The van der Waals surface area contributed by atoms with E-state index in [1.807, 2.05) is 14.0 Å². The number of anilines is 1. The second-order valence-corrected chi connectivity index (χ2v) is 3.75. The number of rotatable bonds is 3. The Morgan fingerprint density at radius 1 is 1.67 bits per heavy atom. The van der Waals surface area contributed by atoms with Crippen LogP contribution in [-0.4, -0.2) is 29.1 Å². The predicted octanol–water partition coefficient (Wildman–Crippen LogP) is 0.732. The van der Waals surface area contributed by atoms with E-state index >= 15 is 0 Å². The fourth-order valence-corrected chi connectivity index (χ4v) is 1.74. The van der Waals surface area contributed by atoms with E-state index in [4.69, 9.17) is 15.2 Å². The van der Waals surface area contributed by atoms with Crippen LogP contribution in [0, 0.1) is 0 Å². The first-order chi connectivity index (χ1) is 7.22. The lowest BCUT2D eigenvalue weighted by Gasteiger charge is -2.11. The van der Waals surface area contributed by atoms with E-state index in [1.54, 1.807) is 4.68 Å². The Hall–Kier alpha value is -1.23. The lowest BCUT2D eigenvalue weighted by atomic mass is 10.3. The Morgan fingerprint density at radius 3 is 3.00 bits per heavy atom. The average molecular weight is 211 g/mol. The quantitative estimate of drug-likeness (QED) is 0.800. The van der Waals surface area contributed by atoms with Crippen LogP contribution < -0.4 is 10.5 Å². The van der Waals surface area contributed by atoms with E-state index in [1.165, 1.54) is 0 Å². The second-order valence-electron chi connectivity index (χ2n) is 3.75. The van der Waals surface area contributed by atoms with E-state index in [2.05, 4.69) is 5.10 Å². The summed E-state index contributed by atoms with van der Waals surface area (Å²) in [6, 6.07) is 0. The third-order valence-corrected chi connectivity index (χ3v) is 2.61. The van der Waals surface area contributed by atoms with E-state index in [0.717, 1.165) is 25.1 Å². The number of aromatic nitrogens is 2. The summed E-state index contributed by atoms with van der Waals surface area (Å²) in [5.41, 5.74) is 7.50. The SMILES string of the molecule is CCc1nn(C)c(OC2CCOC2)c1N. The van der Waals surface area contributed by atoms with Crippen LogP contribution in [0.15, 0.2) is 0 Å². The Morgan fingerprint density at radius 2 is 2.47 bits per heavy atom. The Bertz CT molecular complexity index is 343. The second kappa shape index (κ2) is 4.10. The molecule has 0 spiro atoms. The highest BCUT2D eigenvalue weighted by molar-refractivity contribution is 5.53. The van der Waals surface area contributed by atoms with Gasteiger partial charge in [0.05, 0.1) is 18.9 Å². The molecule has 84 valence electrons. The van der Waals surface area contributed by atoms with Crippen molar-refractivity contribution in [2.24, 2.45) is 7.05 Å². The van der Waals surface area contributed by atoms with Gasteiger partial charge in [-0.05, 0) is 6.42 Å². The number of hydrogen-bond acceptors (Lipinski definition) is 4. The summed E-state index contributed by atoms with van der Waals surface area (Å²) in [5.74, 6) is 0.669. The van der Waals surface area contributed by atoms with Gasteiger partial charge in [0.2, 0.25) is 5.88 Å². The molecule has 1 aromatic rings. The molecule has 0 saturated carbocycles. The van der Waals surface area contributed by atoms with E-state index in [9.17, 15) is 0 Å². The van der Waals surface area contributed by atoms with Gasteiger partial charge >= 0.3 is 0 Å². The van der Waals surface area contributed by atoms with Crippen LogP contribution in [0.1, 0.15) is 19.0 Å². The maximum atomic E-state index is 5.94. The molecular weight excluding hydrogens is 194 g/mol. The van der Waals surface area contributed by atoms with Crippen molar-refractivity contribution >= 4 is 5.69 Å². The number of aryl methyl sites for hydroxylation is 2. The third kappa shape index (κ3) is 1.92. The minimum absolute atomic E-state index is 0.118. The highest BCUT2D eigenvalue weighted by Crippen LogP contribution is 2.27.